The van der Waals surface area contributed by atoms with E-state index in [0.717, 1.165) is 27.9 Å². The molecule has 0 N–H and O–H groups in total. The zero-order valence-corrected chi connectivity index (χ0v) is 16.6. The Labute approximate surface area is 169 Å². The Bertz CT molecular complexity index is 1020. The molecule has 1 unspecified atom stereocenters. The highest BCUT2D eigenvalue weighted by atomic mass is 16.5. The van der Waals surface area contributed by atoms with E-state index >= 15 is 0 Å². The number of rotatable bonds is 6. The molecule has 1 aromatic carbocycles. The smallest absolute Gasteiger partial charge is 0.203 e. The van der Waals surface area contributed by atoms with E-state index in [4.69, 9.17) is 14.2 Å². The zero-order valence-electron chi connectivity index (χ0n) is 16.6. The van der Waals surface area contributed by atoms with E-state index in [1.165, 1.54) is 0 Å². The van der Waals surface area contributed by atoms with Gasteiger partial charge in [0.15, 0.2) is 11.5 Å². The molecule has 148 valence electrons. The molecule has 0 radical (unpaired) electrons. The molecule has 0 spiro atoms. The molecular weight excluding hydrogens is 368 g/mol. The normalized spacial score (nSPS) is 15.1. The predicted octanol–water partition coefficient (Wildman–Crippen LogP) is 3.62. The Hall–Kier alpha value is -3.41. The number of benzene rings is 1. The summed E-state index contributed by atoms with van der Waals surface area (Å²) in [5.41, 5.74) is 4.71. The van der Waals surface area contributed by atoms with Crippen LogP contribution >= 0.6 is 0 Å². The highest BCUT2D eigenvalue weighted by Gasteiger charge is 2.32. The molecule has 2 heterocycles. The summed E-state index contributed by atoms with van der Waals surface area (Å²) in [6.07, 6.45) is 6.32. The van der Waals surface area contributed by atoms with E-state index in [0.29, 0.717) is 30.1 Å². The van der Waals surface area contributed by atoms with Crippen molar-refractivity contribution in [1.29, 1.82) is 0 Å². The van der Waals surface area contributed by atoms with Crippen molar-refractivity contribution in [3.05, 3.63) is 65.7 Å². The van der Waals surface area contributed by atoms with E-state index in [9.17, 15) is 4.79 Å². The fourth-order valence-corrected chi connectivity index (χ4v) is 3.81. The van der Waals surface area contributed by atoms with Gasteiger partial charge in [-0.05, 0) is 53.4 Å². The first kappa shape index (κ1) is 18.9. The number of ketones is 1. The van der Waals surface area contributed by atoms with Gasteiger partial charge in [-0.1, -0.05) is 0 Å². The van der Waals surface area contributed by atoms with Crippen molar-refractivity contribution in [1.82, 2.24) is 9.97 Å². The molecule has 2 aromatic heterocycles. The van der Waals surface area contributed by atoms with E-state index < -0.39 is 0 Å². The minimum Gasteiger partial charge on any atom is -0.493 e. The number of nitrogens with zero attached hydrogens (tertiary/aromatic N) is 2. The SMILES string of the molecule is COc1cc(-c2cnc3c(c2)C(Cc2ccncc2)C(=O)C3)cc(OC)c1OC. The summed E-state index contributed by atoms with van der Waals surface area (Å²) in [6.45, 7) is 0. The second kappa shape index (κ2) is 7.91. The van der Waals surface area contributed by atoms with Crippen LogP contribution in [0.2, 0.25) is 0 Å². The maximum Gasteiger partial charge on any atom is 0.203 e. The lowest BCUT2D eigenvalue weighted by Crippen LogP contribution is -2.09. The lowest BCUT2D eigenvalue weighted by molar-refractivity contribution is -0.119. The number of ether oxygens (including phenoxy) is 3. The second-order valence-corrected chi connectivity index (χ2v) is 6.93. The lowest BCUT2D eigenvalue weighted by atomic mass is 9.92. The second-order valence-electron chi connectivity index (χ2n) is 6.93. The maximum atomic E-state index is 12.7. The monoisotopic (exact) mass is 390 g/mol. The van der Waals surface area contributed by atoms with Crippen molar-refractivity contribution in [3.63, 3.8) is 0 Å². The van der Waals surface area contributed by atoms with Crippen molar-refractivity contribution in [2.45, 2.75) is 18.8 Å². The molecule has 4 rings (SSSR count). The van der Waals surface area contributed by atoms with Gasteiger partial charge in [-0.25, -0.2) is 0 Å². The van der Waals surface area contributed by atoms with Gasteiger partial charge in [0.05, 0.1) is 27.0 Å². The van der Waals surface area contributed by atoms with E-state index in [2.05, 4.69) is 16.0 Å². The van der Waals surface area contributed by atoms with Crippen LogP contribution in [-0.2, 0) is 17.6 Å². The number of carbonyl (C=O) groups is 1. The van der Waals surface area contributed by atoms with Crippen LogP contribution in [0.25, 0.3) is 11.1 Å². The molecule has 1 atom stereocenters. The number of hydrogen-bond donors (Lipinski definition) is 0. The van der Waals surface area contributed by atoms with Crippen molar-refractivity contribution < 1.29 is 19.0 Å². The summed E-state index contributed by atoms with van der Waals surface area (Å²) in [5, 5.41) is 0. The van der Waals surface area contributed by atoms with E-state index in [-0.39, 0.29) is 11.7 Å². The molecule has 0 saturated carbocycles. The summed E-state index contributed by atoms with van der Waals surface area (Å²) in [5.74, 6) is 1.70. The topological polar surface area (TPSA) is 70.5 Å². The highest BCUT2D eigenvalue weighted by Crippen LogP contribution is 2.42. The van der Waals surface area contributed by atoms with Crippen LogP contribution in [-0.4, -0.2) is 37.1 Å². The van der Waals surface area contributed by atoms with Crippen molar-refractivity contribution in [2.75, 3.05) is 21.3 Å². The molecule has 29 heavy (non-hydrogen) atoms. The van der Waals surface area contributed by atoms with Gasteiger partial charge in [0, 0.05) is 36.5 Å². The average Bonchev–Trinajstić information content (AvgIpc) is 3.07. The quantitative estimate of drug-likeness (QED) is 0.640. The summed E-state index contributed by atoms with van der Waals surface area (Å²) >= 11 is 0. The van der Waals surface area contributed by atoms with Gasteiger partial charge in [0.2, 0.25) is 5.75 Å². The Morgan fingerprint density at radius 2 is 1.66 bits per heavy atom. The molecule has 0 saturated heterocycles. The number of methoxy groups -OCH3 is 3. The molecule has 0 amide bonds. The Morgan fingerprint density at radius 3 is 2.28 bits per heavy atom. The Morgan fingerprint density at radius 1 is 0.966 bits per heavy atom. The molecule has 3 aromatic rings. The Balaban J connectivity index is 1.74. The number of aromatic nitrogens is 2. The standard InChI is InChI=1S/C23H22N2O4/c1-27-21-10-15(11-22(28-2)23(21)29-3)16-9-17-18(8-14-4-6-24-7-5-14)20(26)12-19(17)25-13-16/h4-7,9-11,13,18H,8,12H2,1-3H3. The van der Waals surface area contributed by atoms with Gasteiger partial charge < -0.3 is 14.2 Å². The van der Waals surface area contributed by atoms with Crippen LogP contribution < -0.4 is 14.2 Å². The van der Waals surface area contributed by atoms with Crippen LogP contribution in [0.1, 0.15) is 22.7 Å². The fraction of sp³-hybridized carbons (Fsp3) is 0.261. The van der Waals surface area contributed by atoms with Crippen molar-refractivity contribution in [3.8, 4) is 28.4 Å². The van der Waals surface area contributed by atoms with Gasteiger partial charge >= 0.3 is 0 Å². The summed E-state index contributed by atoms with van der Waals surface area (Å²) < 4.78 is 16.3. The van der Waals surface area contributed by atoms with E-state index in [1.807, 2.05) is 24.3 Å². The molecule has 6 nitrogen and oxygen atoms in total. The van der Waals surface area contributed by atoms with Gasteiger partial charge in [-0.3, -0.25) is 14.8 Å². The third-order valence-corrected chi connectivity index (χ3v) is 5.30. The lowest BCUT2D eigenvalue weighted by Gasteiger charge is -2.15. The van der Waals surface area contributed by atoms with Crippen LogP contribution in [0.4, 0.5) is 0 Å². The average molecular weight is 390 g/mol. The van der Waals surface area contributed by atoms with Crippen molar-refractivity contribution in [2.24, 2.45) is 0 Å². The molecular formula is C23H22N2O4. The first-order valence-electron chi connectivity index (χ1n) is 9.35. The zero-order chi connectivity index (χ0) is 20.4. The van der Waals surface area contributed by atoms with Crippen molar-refractivity contribution >= 4 is 5.78 Å². The molecule has 1 aliphatic rings. The number of hydrogen-bond acceptors (Lipinski definition) is 6. The van der Waals surface area contributed by atoms with Gasteiger partial charge in [-0.2, -0.15) is 0 Å². The van der Waals surface area contributed by atoms with Crippen LogP contribution in [0, 0.1) is 0 Å². The minimum atomic E-state index is -0.193. The van der Waals surface area contributed by atoms with Crippen LogP contribution in [0.3, 0.4) is 0 Å². The summed E-state index contributed by atoms with van der Waals surface area (Å²) in [4.78, 5) is 21.3. The van der Waals surface area contributed by atoms with Gasteiger partial charge in [-0.15, -0.1) is 0 Å². The number of carbonyl (C=O) groups excluding carboxylic acids is 1. The molecule has 0 bridgehead atoms. The molecule has 0 fully saturated rings. The van der Waals surface area contributed by atoms with Crippen LogP contribution in [0.5, 0.6) is 17.2 Å². The predicted molar refractivity (Wildman–Crippen MR) is 109 cm³/mol. The van der Waals surface area contributed by atoms with Crippen LogP contribution in [0.15, 0.2) is 48.9 Å². The minimum absolute atomic E-state index is 0.193. The first-order valence-corrected chi connectivity index (χ1v) is 9.35. The third kappa shape index (κ3) is 3.53. The third-order valence-electron chi connectivity index (χ3n) is 5.30. The summed E-state index contributed by atoms with van der Waals surface area (Å²) in [7, 11) is 4.75. The number of pyridine rings is 2. The molecule has 1 aliphatic carbocycles. The highest BCUT2D eigenvalue weighted by molar-refractivity contribution is 5.92. The first-order chi connectivity index (χ1) is 14.1. The largest absolute Gasteiger partial charge is 0.493 e. The van der Waals surface area contributed by atoms with Gasteiger partial charge in [0.25, 0.3) is 0 Å². The maximum absolute atomic E-state index is 12.7. The number of fused-ring (bicyclic) bond motifs is 1. The molecule has 0 aliphatic heterocycles. The fourth-order valence-electron chi connectivity index (χ4n) is 3.81. The van der Waals surface area contributed by atoms with E-state index in [1.54, 1.807) is 39.9 Å². The van der Waals surface area contributed by atoms with Gasteiger partial charge in [0.1, 0.15) is 5.78 Å². The Kier molecular flexibility index (Phi) is 5.16. The molecule has 6 heteroatoms. The number of Topliss-reactive ketones (excluding diaryl/α,β-unsaturated/α-hetero) is 1. The summed E-state index contributed by atoms with van der Waals surface area (Å²) in [6, 6.07) is 9.72.